The van der Waals surface area contributed by atoms with Crippen LogP contribution in [0.15, 0.2) is 59.8 Å². The van der Waals surface area contributed by atoms with Crippen LogP contribution in [-0.2, 0) is 12.7 Å². The molecule has 0 radical (unpaired) electrons. The Morgan fingerprint density at radius 3 is 2.69 bits per heavy atom. The van der Waals surface area contributed by atoms with E-state index in [-0.39, 0.29) is 6.54 Å². The Balaban J connectivity index is 1.48. The van der Waals surface area contributed by atoms with E-state index >= 15 is 0 Å². The highest BCUT2D eigenvalue weighted by molar-refractivity contribution is 8.00. The van der Waals surface area contributed by atoms with Crippen molar-refractivity contribution in [3.05, 3.63) is 66.0 Å². The first-order chi connectivity index (χ1) is 15.4. The molecule has 3 aromatic rings. The number of hydrogen-bond acceptors (Lipinski definition) is 3. The zero-order valence-corrected chi connectivity index (χ0v) is 18.2. The van der Waals surface area contributed by atoms with Crippen LogP contribution in [0.5, 0.6) is 0 Å². The molecule has 32 heavy (non-hydrogen) atoms. The van der Waals surface area contributed by atoms with Gasteiger partial charge in [0.25, 0.3) is 0 Å². The van der Waals surface area contributed by atoms with Crippen LogP contribution in [0.1, 0.15) is 43.2 Å². The number of rotatable bonds is 5. The number of halogens is 3. The Labute approximate surface area is 189 Å². The van der Waals surface area contributed by atoms with Crippen molar-refractivity contribution < 1.29 is 18.0 Å². The van der Waals surface area contributed by atoms with Crippen LogP contribution in [0.3, 0.4) is 0 Å². The van der Waals surface area contributed by atoms with Crippen molar-refractivity contribution in [2.75, 3.05) is 5.32 Å². The third-order valence-electron chi connectivity index (χ3n) is 5.61. The second-order valence-electron chi connectivity index (χ2n) is 7.91. The summed E-state index contributed by atoms with van der Waals surface area (Å²) < 4.78 is 39.8. The van der Waals surface area contributed by atoms with Gasteiger partial charge in [-0.05, 0) is 42.7 Å². The van der Waals surface area contributed by atoms with Crippen LogP contribution < -0.4 is 10.6 Å². The largest absolute Gasteiger partial charge is 0.416 e. The molecule has 1 saturated carbocycles. The number of amides is 2. The Morgan fingerprint density at radius 2 is 1.91 bits per heavy atom. The quantitative estimate of drug-likeness (QED) is 0.432. The summed E-state index contributed by atoms with van der Waals surface area (Å²) in [6.45, 7) is 0.144. The van der Waals surface area contributed by atoms with E-state index in [2.05, 4.69) is 15.6 Å². The number of nitrogens with one attached hydrogen (secondary N) is 2. The molecule has 4 nitrogen and oxygen atoms in total. The van der Waals surface area contributed by atoms with E-state index in [1.807, 2.05) is 18.2 Å². The molecule has 4 rings (SSSR count). The maximum atomic E-state index is 13.3. The molecule has 1 heterocycles. The van der Waals surface area contributed by atoms with Crippen LogP contribution in [0.4, 0.5) is 23.7 Å². The Hall–Kier alpha value is -2.74. The number of hydrogen-bond donors (Lipinski definition) is 2. The summed E-state index contributed by atoms with van der Waals surface area (Å²) in [5.41, 5.74) is 0.672. The molecule has 2 N–H and O–H groups in total. The highest BCUT2D eigenvalue weighted by atomic mass is 32.2. The lowest BCUT2D eigenvalue weighted by atomic mass is 10.0. The van der Waals surface area contributed by atoms with E-state index in [0.717, 1.165) is 42.5 Å². The number of nitrogens with zero attached hydrogens (tertiary/aromatic N) is 1. The smallest absolute Gasteiger partial charge is 0.334 e. The number of thioether (sulfide) groups is 1. The standard InChI is InChI=1S/C24H24F3N3OS/c25-24(26,27)18-10-9-17(22(13-18)32-19-6-2-1-3-7-19)15-29-23(31)30-21-8-4-5-16-14-28-12-11-20(16)21/h4-5,8-14,19H,1-3,6-7,15H2,(H2,29,30,31). The minimum Gasteiger partial charge on any atom is -0.334 e. The number of carbonyl (C=O) groups excluding carboxylic acids is 1. The Morgan fingerprint density at radius 1 is 1.09 bits per heavy atom. The monoisotopic (exact) mass is 459 g/mol. The number of pyridine rings is 1. The van der Waals surface area contributed by atoms with Gasteiger partial charge in [0.2, 0.25) is 0 Å². The van der Waals surface area contributed by atoms with Crippen molar-refractivity contribution in [3.63, 3.8) is 0 Å². The topological polar surface area (TPSA) is 54.0 Å². The van der Waals surface area contributed by atoms with Crippen molar-refractivity contribution >= 4 is 34.3 Å². The number of alkyl halides is 3. The molecule has 8 heteroatoms. The Bertz CT molecular complexity index is 1090. The molecular weight excluding hydrogens is 435 g/mol. The van der Waals surface area contributed by atoms with Crippen LogP contribution in [-0.4, -0.2) is 16.3 Å². The van der Waals surface area contributed by atoms with E-state index in [0.29, 0.717) is 21.4 Å². The van der Waals surface area contributed by atoms with E-state index in [1.165, 1.54) is 30.3 Å². The second kappa shape index (κ2) is 9.81. The number of anilines is 1. The lowest BCUT2D eigenvalue weighted by Gasteiger charge is -2.23. The highest BCUT2D eigenvalue weighted by Crippen LogP contribution is 2.38. The van der Waals surface area contributed by atoms with Gasteiger partial charge in [-0.15, -0.1) is 11.8 Å². The van der Waals surface area contributed by atoms with Crippen LogP contribution in [0, 0.1) is 0 Å². The molecule has 0 aliphatic heterocycles. The number of fused-ring (bicyclic) bond motifs is 1. The van der Waals surface area contributed by atoms with Gasteiger partial charge >= 0.3 is 12.2 Å². The molecule has 168 valence electrons. The number of aromatic nitrogens is 1. The summed E-state index contributed by atoms with van der Waals surface area (Å²) in [4.78, 5) is 17.2. The first kappa shape index (κ1) is 22.5. The Kier molecular flexibility index (Phi) is 6.89. The maximum Gasteiger partial charge on any atom is 0.416 e. The minimum absolute atomic E-state index is 0.144. The summed E-state index contributed by atoms with van der Waals surface area (Å²) >= 11 is 1.50. The summed E-state index contributed by atoms with van der Waals surface area (Å²) in [7, 11) is 0. The van der Waals surface area contributed by atoms with Gasteiger partial charge in [-0.2, -0.15) is 13.2 Å². The fourth-order valence-corrected chi connectivity index (χ4v) is 5.34. The van der Waals surface area contributed by atoms with Crippen molar-refractivity contribution in [3.8, 4) is 0 Å². The minimum atomic E-state index is -4.39. The lowest BCUT2D eigenvalue weighted by Crippen LogP contribution is -2.28. The fourth-order valence-electron chi connectivity index (χ4n) is 3.92. The zero-order chi connectivity index (χ0) is 22.6. The predicted octanol–water partition coefficient (Wildman–Crippen LogP) is 7.00. The number of carbonyl (C=O) groups is 1. The van der Waals surface area contributed by atoms with Crippen LogP contribution in [0.2, 0.25) is 0 Å². The second-order valence-corrected chi connectivity index (χ2v) is 9.25. The van der Waals surface area contributed by atoms with Gasteiger partial charge in [-0.25, -0.2) is 4.79 Å². The van der Waals surface area contributed by atoms with Crippen molar-refractivity contribution in [2.45, 2.75) is 55.0 Å². The molecule has 2 aromatic carbocycles. The van der Waals surface area contributed by atoms with E-state index in [1.54, 1.807) is 18.5 Å². The number of benzene rings is 2. The van der Waals surface area contributed by atoms with Gasteiger partial charge in [0.1, 0.15) is 0 Å². The molecule has 0 spiro atoms. The van der Waals surface area contributed by atoms with Crippen molar-refractivity contribution in [1.29, 1.82) is 0 Å². The normalized spacial score (nSPS) is 15.0. The first-order valence-electron chi connectivity index (χ1n) is 10.6. The molecule has 1 fully saturated rings. The zero-order valence-electron chi connectivity index (χ0n) is 17.4. The van der Waals surface area contributed by atoms with Crippen LogP contribution in [0.25, 0.3) is 10.8 Å². The van der Waals surface area contributed by atoms with E-state index < -0.39 is 17.8 Å². The third-order valence-corrected chi connectivity index (χ3v) is 7.05. The molecule has 1 aromatic heterocycles. The van der Waals surface area contributed by atoms with Gasteiger partial charge < -0.3 is 10.6 Å². The van der Waals surface area contributed by atoms with Crippen LogP contribution >= 0.6 is 11.8 Å². The number of urea groups is 1. The summed E-state index contributed by atoms with van der Waals surface area (Å²) in [5, 5.41) is 7.69. The fraction of sp³-hybridized carbons (Fsp3) is 0.333. The van der Waals surface area contributed by atoms with Gasteiger partial charge in [-0.3, -0.25) is 4.98 Å². The molecule has 1 aliphatic rings. The van der Waals surface area contributed by atoms with E-state index in [4.69, 9.17) is 0 Å². The SMILES string of the molecule is O=C(NCc1ccc(C(F)(F)F)cc1SC1CCCCC1)Nc1cccc2cnccc12. The van der Waals surface area contributed by atoms with Gasteiger partial charge in [-0.1, -0.05) is 37.5 Å². The van der Waals surface area contributed by atoms with Gasteiger partial charge in [0.05, 0.1) is 11.3 Å². The van der Waals surface area contributed by atoms with Gasteiger partial charge in [0, 0.05) is 39.9 Å². The van der Waals surface area contributed by atoms with Crippen molar-refractivity contribution in [1.82, 2.24) is 10.3 Å². The first-order valence-corrected chi connectivity index (χ1v) is 11.5. The maximum absolute atomic E-state index is 13.3. The summed E-state index contributed by atoms with van der Waals surface area (Å²) in [6.07, 6.45) is 4.37. The molecule has 0 atom stereocenters. The molecule has 0 unspecified atom stereocenters. The molecule has 1 aliphatic carbocycles. The van der Waals surface area contributed by atoms with E-state index in [9.17, 15) is 18.0 Å². The predicted molar refractivity (Wildman–Crippen MR) is 122 cm³/mol. The molecule has 0 bridgehead atoms. The highest BCUT2D eigenvalue weighted by Gasteiger charge is 2.31. The molecule has 0 saturated heterocycles. The molecular formula is C24H24F3N3OS. The average molecular weight is 460 g/mol. The van der Waals surface area contributed by atoms with Gasteiger partial charge in [0.15, 0.2) is 0 Å². The summed E-state index contributed by atoms with van der Waals surface area (Å²) in [6, 6.07) is 10.7. The van der Waals surface area contributed by atoms with Crippen molar-refractivity contribution in [2.24, 2.45) is 0 Å². The average Bonchev–Trinajstić information content (AvgIpc) is 2.78. The lowest BCUT2D eigenvalue weighted by molar-refractivity contribution is -0.137. The third kappa shape index (κ3) is 5.54. The molecule has 2 amide bonds. The summed E-state index contributed by atoms with van der Waals surface area (Å²) in [5.74, 6) is 0.